The van der Waals surface area contributed by atoms with Crippen LogP contribution in [0.25, 0.3) is 0 Å². The number of hydrogen-bond donors (Lipinski definition) is 5. The number of anilines is 1. The molecular weight excluding hydrogens is 348 g/mol. The van der Waals surface area contributed by atoms with Crippen LogP contribution in [-0.2, 0) is 12.8 Å². The van der Waals surface area contributed by atoms with Gasteiger partial charge in [-0.1, -0.05) is 41.7 Å². The molecule has 0 radical (unpaired) electrons. The van der Waals surface area contributed by atoms with Crippen molar-refractivity contribution in [1.29, 1.82) is 0 Å². The third-order valence-electron chi connectivity index (χ3n) is 3.67. The second kappa shape index (κ2) is 10.4. The molecule has 2 rings (SSSR count). The van der Waals surface area contributed by atoms with E-state index in [0.717, 1.165) is 42.0 Å². The first-order chi connectivity index (χ1) is 12.5. The van der Waals surface area contributed by atoms with E-state index >= 15 is 0 Å². The number of nitrogens with two attached hydrogens (primary N) is 3. The van der Waals surface area contributed by atoms with Crippen LogP contribution in [0.15, 0.2) is 54.0 Å². The van der Waals surface area contributed by atoms with Crippen molar-refractivity contribution in [2.45, 2.75) is 38.3 Å². The monoisotopic (exact) mass is 374 g/mol. The molecule has 1 atom stereocenters. The molecular formula is C18H26N6OS. The van der Waals surface area contributed by atoms with E-state index < -0.39 is 6.23 Å². The van der Waals surface area contributed by atoms with Crippen LogP contribution >= 0.6 is 11.3 Å². The lowest BCUT2D eigenvalue weighted by molar-refractivity contribution is 0.149. The minimum Gasteiger partial charge on any atom is -0.402 e. The maximum Gasteiger partial charge on any atom is 0.203 e. The van der Waals surface area contributed by atoms with Crippen molar-refractivity contribution in [3.05, 3.63) is 64.6 Å². The Bertz CT molecular complexity index is 728. The van der Waals surface area contributed by atoms with Crippen LogP contribution in [0, 0.1) is 0 Å². The molecule has 8 N–H and O–H groups in total. The molecule has 140 valence electrons. The van der Waals surface area contributed by atoms with E-state index in [0.29, 0.717) is 17.4 Å². The normalized spacial score (nSPS) is 13.6. The van der Waals surface area contributed by atoms with Crippen LogP contribution in [0.2, 0.25) is 0 Å². The van der Waals surface area contributed by atoms with Gasteiger partial charge in [-0.3, -0.25) is 0 Å². The zero-order valence-electron chi connectivity index (χ0n) is 14.6. The SMILES string of the molecule is N/C(=C\C=C(/N)NC(O)Cc1ccccc1)CCCCc1nnc(N)s1. The van der Waals surface area contributed by atoms with Gasteiger partial charge in [0.15, 0.2) is 0 Å². The Kier molecular flexibility index (Phi) is 7.91. The topological polar surface area (TPSA) is 136 Å². The number of unbranched alkanes of at least 4 members (excludes halogenated alkanes) is 1. The fourth-order valence-corrected chi connectivity index (χ4v) is 3.03. The quantitative estimate of drug-likeness (QED) is 0.242. The van der Waals surface area contributed by atoms with E-state index in [9.17, 15) is 5.11 Å². The minimum atomic E-state index is -0.748. The molecule has 8 heteroatoms. The highest BCUT2D eigenvalue weighted by Gasteiger charge is 2.04. The van der Waals surface area contributed by atoms with Gasteiger partial charge < -0.3 is 27.6 Å². The highest BCUT2D eigenvalue weighted by Crippen LogP contribution is 2.14. The average molecular weight is 375 g/mol. The van der Waals surface area contributed by atoms with Crippen LogP contribution in [0.5, 0.6) is 0 Å². The van der Waals surface area contributed by atoms with Crippen molar-refractivity contribution in [2.75, 3.05) is 5.73 Å². The van der Waals surface area contributed by atoms with Gasteiger partial charge in [0.2, 0.25) is 5.13 Å². The van der Waals surface area contributed by atoms with Crippen LogP contribution in [0.1, 0.15) is 29.8 Å². The Morgan fingerprint density at radius 1 is 1.15 bits per heavy atom. The molecule has 0 amide bonds. The smallest absolute Gasteiger partial charge is 0.203 e. The first-order valence-corrected chi connectivity index (χ1v) is 9.33. The molecule has 26 heavy (non-hydrogen) atoms. The van der Waals surface area contributed by atoms with Crippen molar-refractivity contribution in [3.63, 3.8) is 0 Å². The summed E-state index contributed by atoms with van der Waals surface area (Å²) in [6, 6.07) is 9.72. The largest absolute Gasteiger partial charge is 0.402 e. The number of hydrogen-bond acceptors (Lipinski definition) is 8. The van der Waals surface area contributed by atoms with Gasteiger partial charge in [-0.15, -0.1) is 10.2 Å². The third-order valence-corrected chi connectivity index (χ3v) is 4.48. The van der Waals surface area contributed by atoms with E-state index in [4.69, 9.17) is 17.2 Å². The summed E-state index contributed by atoms with van der Waals surface area (Å²) in [5, 5.41) is 22.1. The Morgan fingerprint density at radius 2 is 1.92 bits per heavy atom. The minimum absolute atomic E-state index is 0.376. The number of aryl methyl sites for hydroxylation is 1. The van der Waals surface area contributed by atoms with E-state index in [-0.39, 0.29) is 0 Å². The van der Waals surface area contributed by atoms with Gasteiger partial charge in [0, 0.05) is 18.5 Å². The highest BCUT2D eigenvalue weighted by atomic mass is 32.1. The molecule has 0 aliphatic carbocycles. The summed E-state index contributed by atoms with van der Waals surface area (Å²) >= 11 is 1.42. The Balaban J connectivity index is 1.68. The summed E-state index contributed by atoms with van der Waals surface area (Å²) < 4.78 is 0. The maximum absolute atomic E-state index is 10.0. The fourth-order valence-electron chi connectivity index (χ4n) is 2.38. The highest BCUT2D eigenvalue weighted by molar-refractivity contribution is 7.15. The van der Waals surface area contributed by atoms with Gasteiger partial charge in [0.1, 0.15) is 11.2 Å². The molecule has 0 spiro atoms. The zero-order valence-corrected chi connectivity index (χ0v) is 15.5. The number of allylic oxidation sites excluding steroid dienone is 3. The van der Waals surface area contributed by atoms with Gasteiger partial charge in [0.05, 0.1) is 5.82 Å². The summed E-state index contributed by atoms with van der Waals surface area (Å²) in [7, 11) is 0. The van der Waals surface area contributed by atoms with Crippen LogP contribution < -0.4 is 22.5 Å². The van der Waals surface area contributed by atoms with Gasteiger partial charge in [-0.25, -0.2) is 0 Å². The number of aliphatic hydroxyl groups is 1. The molecule has 0 saturated heterocycles. The Hall–Kier alpha value is -2.58. The number of rotatable bonds is 10. The zero-order chi connectivity index (χ0) is 18.8. The van der Waals surface area contributed by atoms with Crippen molar-refractivity contribution in [2.24, 2.45) is 11.5 Å². The molecule has 0 aliphatic heterocycles. The predicted octanol–water partition coefficient (Wildman–Crippen LogP) is 1.63. The first kappa shape index (κ1) is 19.7. The van der Waals surface area contributed by atoms with Crippen LogP contribution in [0.3, 0.4) is 0 Å². The van der Waals surface area contributed by atoms with Crippen molar-refractivity contribution in [3.8, 4) is 0 Å². The predicted molar refractivity (Wildman–Crippen MR) is 106 cm³/mol. The van der Waals surface area contributed by atoms with E-state index in [1.165, 1.54) is 11.3 Å². The van der Waals surface area contributed by atoms with Gasteiger partial charge >= 0.3 is 0 Å². The number of nitrogen functional groups attached to an aromatic ring is 1. The van der Waals surface area contributed by atoms with Gasteiger partial charge in [0.25, 0.3) is 0 Å². The van der Waals surface area contributed by atoms with E-state index in [2.05, 4.69) is 15.5 Å². The Morgan fingerprint density at radius 3 is 2.62 bits per heavy atom. The Labute approximate surface area is 157 Å². The summed E-state index contributed by atoms with van der Waals surface area (Å²) in [4.78, 5) is 0. The standard InChI is InChI=1S/C18H26N6OS/c19-14(8-4-5-9-17-23-24-18(21)26-17)10-11-15(20)22-16(25)12-13-6-2-1-3-7-13/h1-3,6-7,10-11,16,22,25H,4-5,8-9,12,19-20H2,(H2,21,24)/b14-10-,15-11+. The molecule has 7 nitrogen and oxygen atoms in total. The molecule has 0 aliphatic rings. The maximum atomic E-state index is 10.0. The number of nitrogens with zero attached hydrogens (tertiary/aromatic N) is 2. The van der Waals surface area contributed by atoms with E-state index in [1.54, 1.807) is 12.2 Å². The van der Waals surface area contributed by atoms with E-state index in [1.807, 2.05) is 30.3 Å². The molecule has 0 saturated carbocycles. The molecule has 1 heterocycles. The second-order valence-corrected chi connectivity index (χ2v) is 7.05. The lowest BCUT2D eigenvalue weighted by Crippen LogP contribution is -2.33. The number of aliphatic hydroxyl groups excluding tert-OH is 1. The van der Waals surface area contributed by atoms with Gasteiger partial charge in [-0.2, -0.15) is 0 Å². The number of aromatic nitrogens is 2. The summed E-state index contributed by atoms with van der Waals surface area (Å²) in [5.41, 5.74) is 19.2. The molecule has 2 aromatic rings. The third kappa shape index (κ3) is 7.54. The average Bonchev–Trinajstić information content (AvgIpc) is 3.03. The van der Waals surface area contributed by atoms with Crippen molar-refractivity contribution in [1.82, 2.24) is 15.5 Å². The van der Waals surface area contributed by atoms with Crippen molar-refractivity contribution < 1.29 is 5.11 Å². The number of benzene rings is 1. The van der Waals surface area contributed by atoms with Gasteiger partial charge in [-0.05, 0) is 37.0 Å². The molecule has 1 aromatic carbocycles. The summed E-state index contributed by atoms with van der Waals surface area (Å²) in [6.45, 7) is 0. The van der Waals surface area contributed by atoms with Crippen LogP contribution in [-0.4, -0.2) is 21.5 Å². The fraction of sp³-hybridized carbons (Fsp3) is 0.333. The first-order valence-electron chi connectivity index (χ1n) is 8.51. The summed E-state index contributed by atoms with van der Waals surface area (Å²) in [5.74, 6) is 0.376. The lowest BCUT2D eigenvalue weighted by atomic mass is 10.1. The molecule has 1 aromatic heterocycles. The molecule has 0 bridgehead atoms. The molecule has 1 unspecified atom stereocenters. The number of nitrogens with one attached hydrogen (secondary N) is 1. The molecule has 0 fully saturated rings. The van der Waals surface area contributed by atoms with Crippen molar-refractivity contribution >= 4 is 16.5 Å². The lowest BCUT2D eigenvalue weighted by Gasteiger charge is -2.14. The summed E-state index contributed by atoms with van der Waals surface area (Å²) in [6.07, 6.45) is 6.71. The second-order valence-electron chi connectivity index (χ2n) is 5.95. The van der Waals surface area contributed by atoms with Crippen LogP contribution in [0.4, 0.5) is 5.13 Å².